The third-order valence-electron chi connectivity index (χ3n) is 3.65. The summed E-state index contributed by atoms with van der Waals surface area (Å²) in [7, 11) is 0. The fraction of sp³-hybridized carbons (Fsp3) is 0.300. The molecule has 5 heteroatoms. The van der Waals surface area contributed by atoms with Gasteiger partial charge in [0.25, 0.3) is 0 Å². The minimum Gasteiger partial charge on any atom is -0.494 e. The van der Waals surface area contributed by atoms with E-state index in [2.05, 4.69) is 22.8 Å². The van der Waals surface area contributed by atoms with Crippen LogP contribution in [0.3, 0.4) is 0 Å². The van der Waals surface area contributed by atoms with Crippen LogP contribution in [0.15, 0.2) is 54.6 Å². The summed E-state index contributed by atoms with van der Waals surface area (Å²) in [6.07, 6.45) is 2.76. The molecule has 2 N–H and O–H groups in total. The van der Waals surface area contributed by atoms with Gasteiger partial charge in [-0.25, -0.2) is 0 Å². The number of hydrogen-bond acceptors (Lipinski definition) is 3. The molecule has 2 amide bonds. The lowest BCUT2D eigenvalue weighted by Crippen LogP contribution is -2.35. The summed E-state index contributed by atoms with van der Waals surface area (Å²) in [6, 6.07) is 17.1. The van der Waals surface area contributed by atoms with Gasteiger partial charge in [0.15, 0.2) is 0 Å². The molecule has 0 fully saturated rings. The molecule has 25 heavy (non-hydrogen) atoms. The monoisotopic (exact) mass is 340 g/mol. The Balaban J connectivity index is 1.65. The van der Waals surface area contributed by atoms with Gasteiger partial charge >= 0.3 is 11.8 Å². The molecular formula is C20H24N2O3. The molecular weight excluding hydrogens is 316 g/mol. The molecule has 5 nitrogen and oxygen atoms in total. The van der Waals surface area contributed by atoms with E-state index in [1.807, 2.05) is 25.1 Å². The molecule has 0 bridgehead atoms. The van der Waals surface area contributed by atoms with E-state index in [4.69, 9.17) is 4.74 Å². The van der Waals surface area contributed by atoms with E-state index in [1.165, 1.54) is 5.56 Å². The maximum atomic E-state index is 11.9. The number of amides is 2. The summed E-state index contributed by atoms with van der Waals surface area (Å²) in [5.41, 5.74) is 1.84. The standard InChI is InChI=1S/C20H24N2O3/c1-2-25-18-13-11-17(12-14-18)22-20(24)19(23)21-15-7-6-10-16-8-4-3-5-9-16/h3-5,8-9,11-14H,2,6-7,10,15H2,1H3,(H,21,23)(H,22,24). The van der Waals surface area contributed by atoms with E-state index >= 15 is 0 Å². The van der Waals surface area contributed by atoms with Gasteiger partial charge in [0, 0.05) is 12.2 Å². The number of carbonyl (C=O) groups is 2. The van der Waals surface area contributed by atoms with Crippen LogP contribution in [-0.2, 0) is 16.0 Å². The summed E-state index contributed by atoms with van der Waals surface area (Å²) in [5, 5.41) is 5.22. The van der Waals surface area contributed by atoms with Crippen LogP contribution in [0.25, 0.3) is 0 Å². The first-order chi connectivity index (χ1) is 12.2. The summed E-state index contributed by atoms with van der Waals surface area (Å²) < 4.78 is 5.33. The quantitative estimate of drug-likeness (QED) is 0.573. The SMILES string of the molecule is CCOc1ccc(NC(=O)C(=O)NCCCCc2ccccc2)cc1. The maximum Gasteiger partial charge on any atom is 0.313 e. The van der Waals surface area contributed by atoms with Crippen molar-refractivity contribution in [2.75, 3.05) is 18.5 Å². The average Bonchev–Trinajstić information content (AvgIpc) is 2.64. The molecule has 2 rings (SSSR count). The number of rotatable bonds is 8. The Morgan fingerprint density at radius 1 is 0.920 bits per heavy atom. The zero-order chi connectivity index (χ0) is 17.9. The van der Waals surface area contributed by atoms with E-state index in [0.29, 0.717) is 18.8 Å². The maximum absolute atomic E-state index is 11.9. The minimum absolute atomic E-state index is 0.488. The van der Waals surface area contributed by atoms with Gasteiger partial charge in [-0.3, -0.25) is 9.59 Å². The molecule has 0 heterocycles. The predicted octanol–water partition coefficient (Wildman–Crippen LogP) is 3.16. The third kappa shape index (κ3) is 6.67. The highest BCUT2D eigenvalue weighted by molar-refractivity contribution is 6.39. The van der Waals surface area contributed by atoms with Gasteiger partial charge in [0.05, 0.1) is 6.61 Å². The van der Waals surface area contributed by atoms with Crippen LogP contribution in [0.5, 0.6) is 5.75 Å². The number of unbranched alkanes of at least 4 members (excludes halogenated alkanes) is 1. The Hall–Kier alpha value is -2.82. The van der Waals surface area contributed by atoms with Crippen molar-refractivity contribution in [3.8, 4) is 5.75 Å². The third-order valence-corrected chi connectivity index (χ3v) is 3.65. The van der Waals surface area contributed by atoms with Crippen LogP contribution in [0.4, 0.5) is 5.69 Å². The van der Waals surface area contributed by atoms with Crippen molar-refractivity contribution < 1.29 is 14.3 Å². The number of benzene rings is 2. The van der Waals surface area contributed by atoms with Crippen molar-refractivity contribution in [2.24, 2.45) is 0 Å². The molecule has 0 saturated heterocycles. The highest BCUT2D eigenvalue weighted by Gasteiger charge is 2.12. The van der Waals surface area contributed by atoms with E-state index in [1.54, 1.807) is 24.3 Å². The summed E-state index contributed by atoms with van der Waals surface area (Å²) in [5.74, 6) is -0.552. The zero-order valence-electron chi connectivity index (χ0n) is 14.5. The molecule has 0 aliphatic heterocycles. The van der Waals surface area contributed by atoms with E-state index in [0.717, 1.165) is 25.0 Å². The van der Waals surface area contributed by atoms with Crippen molar-refractivity contribution in [1.29, 1.82) is 0 Å². The molecule has 0 aliphatic rings. The summed E-state index contributed by atoms with van der Waals surface area (Å²) in [6.45, 7) is 2.97. The van der Waals surface area contributed by atoms with Crippen LogP contribution in [0.2, 0.25) is 0 Å². The van der Waals surface area contributed by atoms with Crippen LogP contribution in [-0.4, -0.2) is 25.0 Å². The molecule has 0 atom stereocenters. The van der Waals surface area contributed by atoms with Gasteiger partial charge in [-0.05, 0) is 56.0 Å². The van der Waals surface area contributed by atoms with Crippen molar-refractivity contribution >= 4 is 17.5 Å². The second-order valence-electron chi connectivity index (χ2n) is 5.61. The minimum atomic E-state index is -0.660. The van der Waals surface area contributed by atoms with Crippen LogP contribution in [0, 0.1) is 0 Å². The Kier molecular flexibility index (Phi) is 7.50. The Labute approximate surface area is 148 Å². The molecule has 0 radical (unpaired) electrons. The second kappa shape index (κ2) is 10.1. The number of hydrogen-bond donors (Lipinski definition) is 2. The smallest absolute Gasteiger partial charge is 0.313 e. The molecule has 132 valence electrons. The van der Waals surface area contributed by atoms with Crippen LogP contribution >= 0.6 is 0 Å². The summed E-state index contributed by atoms with van der Waals surface area (Å²) in [4.78, 5) is 23.7. The fourth-order valence-corrected chi connectivity index (χ4v) is 2.37. The van der Waals surface area contributed by atoms with Crippen molar-refractivity contribution in [2.45, 2.75) is 26.2 Å². The lowest BCUT2D eigenvalue weighted by molar-refractivity contribution is -0.136. The lowest BCUT2D eigenvalue weighted by atomic mass is 10.1. The molecule has 0 unspecified atom stereocenters. The van der Waals surface area contributed by atoms with Gasteiger partial charge in [0.2, 0.25) is 0 Å². The summed E-state index contributed by atoms with van der Waals surface area (Å²) >= 11 is 0. The van der Waals surface area contributed by atoms with Crippen LogP contribution in [0.1, 0.15) is 25.3 Å². The largest absolute Gasteiger partial charge is 0.494 e. The van der Waals surface area contributed by atoms with Gasteiger partial charge in [-0.2, -0.15) is 0 Å². The topological polar surface area (TPSA) is 67.4 Å². The van der Waals surface area contributed by atoms with Gasteiger partial charge in [0.1, 0.15) is 5.75 Å². The molecule has 2 aromatic carbocycles. The van der Waals surface area contributed by atoms with Gasteiger partial charge in [-0.15, -0.1) is 0 Å². The first-order valence-electron chi connectivity index (χ1n) is 8.55. The van der Waals surface area contributed by atoms with E-state index < -0.39 is 11.8 Å². The van der Waals surface area contributed by atoms with Crippen molar-refractivity contribution in [3.63, 3.8) is 0 Å². The predicted molar refractivity (Wildman–Crippen MR) is 98.6 cm³/mol. The Bertz CT molecular complexity index is 669. The highest BCUT2D eigenvalue weighted by Crippen LogP contribution is 2.15. The Morgan fingerprint density at radius 3 is 2.32 bits per heavy atom. The van der Waals surface area contributed by atoms with E-state index in [9.17, 15) is 9.59 Å². The number of carbonyl (C=O) groups excluding carboxylic acids is 2. The zero-order valence-corrected chi connectivity index (χ0v) is 14.5. The van der Waals surface area contributed by atoms with Crippen molar-refractivity contribution in [1.82, 2.24) is 5.32 Å². The first-order valence-corrected chi connectivity index (χ1v) is 8.55. The highest BCUT2D eigenvalue weighted by atomic mass is 16.5. The normalized spacial score (nSPS) is 10.1. The molecule has 2 aromatic rings. The number of ether oxygens (including phenoxy) is 1. The van der Waals surface area contributed by atoms with Gasteiger partial charge in [-0.1, -0.05) is 30.3 Å². The molecule has 0 aliphatic carbocycles. The number of anilines is 1. The van der Waals surface area contributed by atoms with Crippen LogP contribution < -0.4 is 15.4 Å². The Morgan fingerprint density at radius 2 is 1.64 bits per heavy atom. The number of aryl methyl sites for hydroxylation is 1. The lowest BCUT2D eigenvalue weighted by Gasteiger charge is -2.08. The molecule has 0 saturated carbocycles. The fourth-order valence-electron chi connectivity index (χ4n) is 2.37. The number of nitrogens with one attached hydrogen (secondary N) is 2. The van der Waals surface area contributed by atoms with Crippen molar-refractivity contribution in [3.05, 3.63) is 60.2 Å². The first kappa shape index (κ1) is 18.5. The average molecular weight is 340 g/mol. The van der Waals surface area contributed by atoms with Gasteiger partial charge < -0.3 is 15.4 Å². The second-order valence-corrected chi connectivity index (χ2v) is 5.61. The molecule has 0 aromatic heterocycles. The molecule has 0 spiro atoms. The van der Waals surface area contributed by atoms with E-state index in [-0.39, 0.29) is 0 Å².